The Kier molecular flexibility index (Phi) is 6.12. The second-order valence-corrected chi connectivity index (χ2v) is 9.41. The molecule has 1 fully saturated rings. The second-order valence-electron chi connectivity index (χ2n) is 9.41. The molecule has 0 unspecified atom stereocenters. The number of ether oxygens (including phenoxy) is 1. The maximum atomic E-state index is 13.7. The van der Waals surface area contributed by atoms with Crippen LogP contribution in [-0.4, -0.2) is 50.6 Å². The van der Waals surface area contributed by atoms with Crippen LogP contribution in [0.2, 0.25) is 0 Å². The van der Waals surface area contributed by atoms with E-state index in [0.29, 0.717) is 46.6 Å². The number of nitrogens with one attached hydrogen (secondary N) is 1. The fourth-order valence-electron chi connectivity index (χ4n) is 4.16. The molecule has 34 heavy (non-hydrogen) atoms. The van der Waals surface area contributed by atoms with Gasteiger partial charge >= 0.3 is 6.09 Å². The van der Waals surface area contributed by atoms with E-state index in [9.17, 15) is 14.4 Å². The largest absolute Gasteiger partial charge is 0.444 e. The predicted octanol–water partition coefficient (Wildman–Crippen LogP) is 3.52. The zero-order valence-electron chi connectivity index (χ0n) is 20.1. The van der Waals surface area contributed by atoms with Crippen LogP contribution in [0.3, 0.4) is 0 Å². The summed E-state index contributed by atoms with van der Waals surface area (Å²) < 4.78 is 7.15. The summed E-state index contributed by atoms with van der Waals surface area (Å²) in [5.74, 6) is 0.226. The number of pyridine rings is 1. The molecule has 9 heteroatoms. The van der Waals surface area contributed by atoms with E-state index in [1.165, 1.54) is 4.57 Å². The van der Waals surface area contributed by atoms with Crippen LogP contribution in [0.4, 0.5) is 4.79 Å². The SMILES string of the molecule is CNC(=O)c1ccc(-n2c([C@@H]3CCCN3C(=O)OC(C)(C)C)nc3cnc(C)cc3c2=O)cc1. The number of aryl methyl sites for hydroxylation is 1. The van der Waals surface area contributed by atoms with E-state index < -0.39 is 17.7 Å². The molecule has 2 amide bonds. The topological polar surface area (TPSA) is 106 Å². The Bertz CT molecular complexity index is 1310. The van der Waals surface area contributed by atoms with E-state index in [1.807, 2.05) is 27.7 Å². The molecule has 1 aromatic carbocycles. The summed E-state index contributed by atoms with van der Waals surface area (Å²) in [6.45, 7) is 7.79. The fraction of sp³-hybridized carbons (Fsp3) is 0.400. The monoisotopic (exact) mass is 463 g/mol. The number of benzene rings is 1. The Morgan fingerprint density at radius 2 is 1.88 bits per heavy atom. The number of aromatic nitrogens is 3. The van der Waals surface area contributed by atoms with Crippen molar-refractivity contribution in [3.8, 4) is 5.69 Å². The van der Waals surface area contributed by atoms with Crippen LogP contribution in [0.1, 0.15) is 61.5 Å². The number of fused-ring (bicyclic) bond motifs is 1. The quantitative estimate of drug-likeness (QED) is 0.637. The van der Waals surface area contributed by atoms with Gasteiger partial charge in [-0.15, -0.1) is 0 Å². The van der Waals surface area contributed by atoms with Gasteiger partial charge in [0, 0.05) is 24.8 Å². The lowest BCUT2D eigenvalue weighted by Gasteiger charge is -2.29. The second kappa shape index (κ2) is 8.89. The van der Waals surface area contributed by atoms with Crippen molar-refractivity contribution in [2.75, 3.05) is 13.6 Å². The third kappa shape index (κ3) is 4.50. The lowest BCUT2D eigenvalue weighted by atomic mass is 10.1. The molecule has 0 aliphatic carbocycles. The smallest absolute Gasteiger partial charge is 0.410 e. The highest BCUT2D eigenvalue weighted by molar-refractivity contribution is 5.94. The van der Waals surface area contributed by atoms with E-state index in [1.54, 1.807) is 48.5 Å². The molecule has 1 N–H and O–H groups in total. The minimum Gasteiger partial charge on any atom is -0.444 e. The average Bonchev–Trinajstić information content (AvgIpc) is 3.28. The molecule has 9 nitrogen and oxygen atoms in total. The Balaban J connectivity index is 1.89. The molecular formula is C25H29N5O4. The van der Waals surface area contributed by atoms with Gasteiger partial charge in [-0.2, -0.15) is 0 Å². The first-order valence-corrected chi connectivity index (χ1v) is 11.3. The van der Waals surface area contributed by atoms with Crippen molar-refractivity contribution in [2.24, 2.45) is 0 Å². The molecule has 1 atom stereocenters. The number of likely N-dealkylation sites (tertiary alicyclic amines) is 1. The Labute approximate surface area is 197 Å². The van der Waals surface area contributed by atoms with Gasteiger partial charge in [-0.3, -0.25) is 24.0 Å². The molecule has 0 saturated carbocycles. The highest BCUT2D eigenvalue weighted by Gasteiger charge is 2.36. The number of hydrogen-bond donors (Lipinski definition) is 1. The lowest BCUT2D eigenvalue weighted by Crippen LogP contribution is -2.38. The summed E-state index contributed by atoms with van der Waals surface area (Å²) in [6.07, 6.45) is 2.56. The van der Waals surface area contributed by atoms with Gasteiger partial charge in [0.25, 0.3) is 11.5 Å². The minimum absolute atomic E-state index is 0.218. The number of amides is 2. The van der Waals surface area contributed by atoms with Crippen molar-refractivity contribution in [3.63, 3.8) is 0 Å². The Hall–Kier alpha value is -3.75. The predicted molar refractivity (Wildman–Crippen MR) is 128 cm³/mol. The summed E-state index contributed by atoms with van der Waals surface area (Å²) in [4.78, 5) is 49.4. The van der Waals surface area contributed by atoms with Gasteiger partial charge in [0.1, 0.15) is 11.4 Å². The minimum atomic E-state index is -0.641. The van der Waals surface area contributed by atoms with Gasteiger partial charge < -0.3 is 10.1 Å². The first-order valence-electron chi connectivity index (χ1n) is 11.3. The van der Waals surface area contributed by atoms with Crippen molar-refractivity contribution >= 4 is 22.9 Å². The van der Waals surface area contributed by atoms with Crippen molar-refractivity contribution in [2.45, 2.75) is 52.2 Å². The molecular weight excluding hydrogens is 434 g/mol. The molecule has 0 bridgehead atoms. The summed E-state index contributed by atoms with van der Waals surface area (Å²) >= 11 is 0. The van der Waals surface area contributed by atoms with Crippen molar-refractivity contribution in [3.05, 3.63) is 64.0 Å². The molecule has 4 rings (SSSR count). The molecule has 3 aromatic rings. The van der Waals surface area contributed by atoms with E-state index in [4.69, 9.17) is 9.72 Å². The van der Waals surface area contributed by atoms with Gasteiger partial charge in [0.15, 0.2) is 0 Å². The third-order valence-electron chi connectivity index (χ3n) is 5.71. The highest BCUT2D eigenvalue weighted by atomic mass is 16.6. The van der Waals surface area contributed by atoms with E-state index in [0.717, 1.165) is 6.42 Å². The number of rotatable bonds is 3. The maximum Gasteiger partial charge on any atom is 0.410 e. The standard InChI is InChI=1S/C25H29N5O4/c1-15-13-18-19(14-27-15)28-21(20-7-6-12-29(20)24(33)34-25(2,3)4)30(23(18)32)17-10-8-16(9-11-17)22(31)26-5/h8-11,13-14,20H,6-7,12H2,1-5H3,(H,26,31)/t20-/m0/s1. The van der Waals surface area contributed by atoms with Gasteiger partial charge in [-0.25, -0.2) is 9.78 Å². The van der Waals surface area contributed by atoms with Gasteiger partial charge in [-0.05, 0) is 70.9 Å². The van der Waals surface area contributed by atoms with Crippen LogP contribution < -0.4 is 10.9 Å². The van der Waals surface area contributed by atoms with Gasteiger partial charge in [-0.1, -0.05) is 0 Å². The first kappa shape index (κ1) is 23.4. The number of carbonyl (C=O) groups excluding carboxylic acids is 2. The normalized spacial score (nSPS) is 16.0. The van der Waals surface area contributed by atoms with Gasteiger partial charge in [0.05, 0.1) is 28.8 Å². The number of nitrogens with zero attached hydrogens (tertiary/aromatic N) is 4. The van der Waals surface area contributed by atoms with Crippen LogP contribution in [0.15, 0.2) is 41.3 Å². The highest BCUT2D eigenvalue weighted by Crippen LogP contribution is 2.33. The molecule has 178 valence electrons. The van der Waals surface area contributed by atoms with Crippen LogP contribution in [-0.2, 0) is 4.74 Å². The lowest BCUT2D eigenvalue weighted by molar-refractivity contribution is 0.0216. The molecule has 3 heterocycles. The molecule has 1 aliphatic rings. The van der Waals surface area contributed by atoms with Gasteiger partial charge in [0.2, 0.25) is 0 Å². The summed E-state index contributed by atoms with van der Waals surface area (Å²) in [7, 11) is 1.56. The molecule has 0 radical (unpaired) electrons. The average molecular weight is 464 g/mol. The maximum absolute atomic E-state index is 13.7. The molecule has 2 aromatic heterocycles. The number of carbonyl (C=O) groups is 2. The van der Waals surface area contributed by atoms with Crippen LogP contribution in [0.25, 0.3) is 16.6 Å². The first-order chi connectivity index (χ1) is 16.1. The van der Waals surface area contributed by atoms with Crippen LogP contribution in [0.5, 0.6) is 0 Å². The zero-order valence-corrected chi connectivity index (χ0v) is 20.1. The van der Waals surface area contributed by atoms with Crippen molar-refractivity contribution < 1.29 is 14.3 Å². The number of hydrogen-bond acceptors (Lipinski definition) is 6. The van der Waals surface area contributed by atoms with Crippen LogP contribution in [0, 0.1) is 6.92 Å². The van der Waals surface area contributed by atoms with E-state index in [2.05, 4.69) is 10.3 Å². The van der Waals surface area contributed by atoms with E-state index in [-0.39, 0.29) is 11.5 Å². The summed E-state index contributed by atoms with van der Waals surface area (Å²) in [5.41, 5.74) is 1.32. The van der Waals surface area contributed by atoms with Crippen molar-refractivity contribution in [1.29, 1.82) is 0 Å². The van der Waals surface area contributed by atoms with E-state index >= 15 is 0 Å². The Morgan fingerprint density at radius 3 is 2.53 bits per heavy atom. The Morgan fingerprint density at radius 1 is 1.18 bits per heavy atom. The molecule has 0 spiro atoms. The van der Waals surface area contributed by atoms with Crippen LogP contribution >= 0.6 is 0 Å². The molecule has 1 saturated heterocycles. The summed E-state index contributed by atoms with van der Waals surface area (Å²) in [5, 5.41) is 3.03. The third-order valence-corrected chi connectivity index (χ3v) is 5.71. The summed E-state index contributed by atoms with van der Waals surface area (Å²) in [6, 6.07) is 8.02. The van der Waals surface area contributed by atoms with Crippen molar-refractivity contribution in [1.82, 2.24) is 24.8 Å². The fourth-order valence-corrected chi connectivity index (χ4v) is 4.16. The zero-order chi connectivity index (χ0) is 24.6. The molecule has 1 aliphatic heterocycles.